The molecule has 0 N–H and O–H groups in total. The first-order chi connectivity index (χ1) is 7.09. The number of amides is 1. The zero-order chi connectivity index (χ0) is 11.3. The number of hydrogen-bond acceptors (Lipinski definition) is 3. The fourth-order valence-corrected chi connectivity index (χ4v) is 1.04. The smallest absolute Gasteiger partial charge is 0.225 e. The van der Waals surface area contributed by atoms with Gasteiger partial charge in [0.25, 0.3) is 0 Å². The van der Waals surface area contributed by atoms with Crippen molar-refractivity contribution in [1.82, 2.24) is 9.88 Å². The molecule has 5 heteroatoms. The number of ether oxygens (including phenoxy) is 1. The maximum Gasteiger partial charge on any atom is 0.225 e. The van der Waals surface area contributed by atoms with Crippen LogP contribution in [0.2, 0.25) is 5.15 Å². The quantitative estimate of drug-likeness (QED) is 0.735. The van der Waals surface area contributed by atoms with Crippen LogP contribution in [0.5, 0.6) is 5.75 Å². The molecule has 1 aromatic heterocycles. The number of carbonyl (C=O) groups is 1. The average molecular weight is 229 g/mol. The second kappa shape index (κ2) is 5.56. The molecule has 1 amide bonds. The van der Waals surface area contributed by atoms with E-state index in [9.17, 15) is 4.79 Å². The molecule has 4 nitrogen and oxygen atoms in total. The van der Waals surface area contributed by atoms with Crippen molar-refractivity contribution in [2.75, 3.05) is 20.7 Å². The van der Waals surface area contributed by atoms with Gasteiger partial charge in [0.05, 0.1) is 19.2 Å². The summed E-state index contributed by atoms with van der Waals surface area (Å²) in [7, 11) is 3.43. The minimum Gasteiger partial charge on any atom is -0.491 e. The van der Waals surface area contributed by atoms with E-state index >= 15 is 0 Å². The van der Waals surface area contributed by atoms with Crippen LogP contribution in [0.25, 0.3) is 0 Å². The second-order valence-electron chi connectivity index (χ2n) is 3.20. The summed E-state index contributed by atoms with van der Waals surface area (Å²) in [5.41, 5.74) is 0. The minimum atomic E-state index is 0.0388. The maximum absolute atomic E-state index is 11.2. The molecule has 1 aromatic rings. The van der Waals surface area contributed by atoms with Crippen LogP contribution < -0.4 is 4.74 Å². The van der Waals surface area contributed by atoms with Crippen LogP contribution in [0, 0.1) is 0 Å². The number of nitrogens with zero attached hydrogens (tertiary/aromatic N) is 2. The summed E-state index contributed by atoms with van der Waals surface area (Å²) in [6, 6.07) is 3.36. The standard InChI is InChI=1S/C10H13ClN2O2/c1-13(2)10(14)5-6-15-8-3-4-9(11)12-7-8/h3-4,7H,5-6H2,1-2H3. The topological polar surface area (TPSA) is 42.4 Å². The molecule has 1 heterocycles. The van der Waals surface area contributed by atoms with Crippen molar-refractivity contribution in [1.29, 1.82) is 0 Å². The lowest BCUT2D eigenvalue weighted by Gasteiger charge is -2.10. The van der Waals surface area contributed by atoms with Crippen molar-refractivity contribution >= 4 is 17.5 Å². The van der Waals surface area contributed by atoms with Gasteiger partial charge in [-0.1, -0.05) is 11.6 Å². The van der Waals surface area contributed by atoms with Gasteiger partial charge in [0.1, 0.15) is 10.9 Å². The summed E-state index contributed by atoms with van der Waals surface area (Å²) in [5.74, 6) is 0.655. The van der Waals surface area contributed by atoms with Gasteiger partial charge < -0.3 is 9.64 Å². The van der Waals surface area contributed by atoms with E-state index < -0.39 is 0 Å². The number of aromatic nitrogens is 1. The van der Waals surface area contributed by atoms with E-state index in [1.807, 2.05) is 0 Å². The molecule has 1 rings (SSSR count). The molecule has 0 radical (unpaired) electrons. The van der Waals surface area contributed by atoms with E-state index in [1.54, 1.807) is 26.2 Å². The lowest BCUT2D eigenvalue weighted by Crippen LogP contribution is -2.23. The Morgan fingerprint density at radius 2 is 2.27 bits per heavy atom. The molecule has 0 saturated carbocycles. The normalized spacial score (nSPS) is 9.80. The Bertz CT molecular complexity index is 325. The predicted molar refractivity (Wildman–Crippen MR) is 58.1 cm³/mol. The number of hydrogen-bond donors (Lipinski definition) is 0. The third-order valence-electron chi connectivity index (χ3n) is 1.78. The number of halogens is 1. The van der Waals surface area contributed by atoms with E-state index in [2.05, 4.69) is 4.98 Å². The third-order valence-corrected chi connectivity index (χ3v) is 2.01. The van der Waals surface area contributed by atoms with Crippen molar-refractivity contribution in [3.8, 4) is 5.75 Å². The van der Waals surface area contributed by atoms with Crippen molar-refractivity contribution in [3.63, 3.8) is 0 Å². The molecule has 0 aliphatic heterocycles. The summed E-state index contributed by atoms with van der Waals surface area (Å²) >= 11 is 5.61. The Kier molecular flexibility index (Phi) is 4.37. The molecule has 0 aromatic carbocycles. The van der Waals surface area contributed by atoms with Gasteiger partial charge in [-0.2, -0.15) is 0 Å². The highest BCUT2D eigenvalue weighted by Gasteiger charge is 2.03. The van der Waals surface area contributed by atoms with Gasteiger partial charge in [0.15, 0.2) is 0 Å². The lowest BCUT2D eigenvalue weighted by molar-refractivity contribution is -0.129. The van der Waals surface area contributed by atoms with E-state index in [0.717, 1.165) is 0 Å². The van der Waals surface area contributed by atoms with Gasteiger partial charge in [-0.15, -0.1) is 0 Å². The predicted octanol–water partition coefficient (Wildman–Crippen LogP) is 1.59. The van der Waals surface area contributed by atoms with Gasteiger partial charge in [-0.05, 0) is 12.1 Å². The van der Waals surface area contributed by atoms with E-state index in [1.165, 1.54) is 11.1 Å². The van der Waals surface area contributed by atoms with Crippen LogP contribution in [-0.4, -0.2) is 36.5 Å². The van der Waals surface area contributed by atoms with Crippen LogP contribution in [0.15, 0.2) is 18.3 Å². The number of pyridine rings is 1. The van der Waals surface area contributed by atoms with Crippen molar-refractivity contribution in [2.24, 2.45) is 0 Å². The summed E-state index contributed by atoms with van der Waals surface area (Å²) in [6.45, 7) is 0.348. The molecule has 0 aliphatic rings. The molecule has 0 bridgehead atoms. The number of rotatable bonds is 4. The van der Waals surface area contributed by atoms with Gasteiger partial charge in [-0.3, -0.25) is 4.79 Å². The largest absolute Gasteiger partial charge is 0.491 e. The summed E-state index contributed by atoms with van der Waals surface area (Å²) < 4.78 is 5.31. The first kappa shape index (κ1) is 11.8. The zero-order valence-corrected chi connectivity index (χ0v) is 9.49. The molecule has 82 valence electrons. The fraction of sp³-hybridized carbons (Fsp3) is 0.400. The van der Waals surface area contributed by atoms with Gasteiger partial charge in [-0.25, -0.2) is 4.98 Å². The highest BCUT2D eigenvalue weighted by molar-refractivity contribution is 6.29. The monoisotopic (exact) mass is 228 g/mol. The Morgan fingerprint density at radius 1 is 1.53 bits per heavy atom. The Labute approximate surface area is 93.8 Å². The van der Waals surface area contributed by atoms with Crippen molar-refractivity contribution in [3.05, 3.63) is 23.5 Å². The summed E-state index contributed by atoms with van der Waals surface area (Å²) in [5, 5.41) is 0.423. The first-order valence-corrected chi connectivity index (χ1v) is 4.92. The van der Waals surface area contributed by atoms with Crippen LogP contribution in [-0.2, 0) is 4.79 Å². The number of carbonyl (C=O) groups excluding carboxylic acids is 1. The molecule has 0 atom stereocenters. The first-order valence-electron chi connectivity index (χ1n) is 4.54. The molecule has 15 heavy (non-hydrogen) atoms. The van der Waals surface area contributed by atoms with Gasteiger partial charge >= 0.3 is 0 Å². The highest BCUT2D eigenvalue weighted by Crippen LogP contribution is 2.12. The Hall–Kier alpha value is -1.29. The Balaban J connectivity index is 2.32. The van der Waals surface area contributed by atoms with Crippen LogP contribution in [0.1, 0.15) is 6.42 Å². The van der Waals surface area contributed by atoms with Gasteiger partial charge in [0, 0.05) is 14.1 Å². The highest BCUT2D eigenvalue weighted by atomic mass is 35.5. The molecule has 0 unspecified atom stereocenters. The lowest BCUT2D eigenvalue weighted by atomic mass is 10.4. The van der Waals surface area contributed by atoms with Crippen molar-refractivity contribution in [2.45, 2.75) is 6.42 Å². The second-order valence-corrected chi connectivity index (χ2v) is 3.59. The zero-order valence-electron chi connectivity index (χ0n) is 8.74. The minimum absolute atomic E-state index is 0.0388. The maximum atomic E-state index is 11.2. The van der Waals surface area contributed by atoms with E-state index in [-0.39, 0.29) is 5.91 Å². The van der Waals surface area contributed by atoms with Gasteiger partial charge in [0.2, 0.25) is 5.91 Å². The molecule has 0 saturated heterocycles. The van der Waals surface area contributed by atoms with Crippen LogP contribution in [0.4, 0.5) is 0 Å². The third kappa shape index (κ3) is 4.16. The molecular formula is C10H13ClN2O2. The molecule has 0 fully saturated rings. The fourth-order valence-electron chi connectivity index (χ4n) is 0.927. The molecule has 0 spiro atoms. The molecular weight excluding hydrogens is 216 g/mol. The van der Waals surface area contributed by atoms with Crippen LogP contribution in [0.3, 0.4) is 0 Å². The van der Waals surface area contributed by atoms with E-state index in [0.29, 0.717) is 23.9 Å². The van der Waals surface area contributed by atoms with Crippen molar-refractivity contribution < 1.29 is 9.53 Å². The SMILES string of the molecule is CN(C)C(=O)CCOc1ccc(Cl)nc1. The van der Waals surface area contributed by atoms with E-state index in [4.69, 9.17) is 16.3 Å². The summed E-state index contributed by atoms with van der Waals surface area (Å²) in [4.78, 5) is 16.6. The summed E-state index contributed by atoms with van der Waals surface area (Å²) in [6.07, 6.45) is 1.89. The average Bonchev–Trinajstić information content (AvgIpc) is 2.20. The van der Waals surface area contributed by atoms with Crippen LogP contribution >= 0.6 is 11.6 Å². The Morgan fingerprint density at radius 3 is 2.80 bits per heavy atom. The molecule has 0 aliphatic carbocycles.